The van der Waals surface area contributed by atoms with E-state index in [-0.39, 0.29) is 11.9 Å². The molecule has 0 radical (unpaired) electrons. The summed E-state index contributed by atoms with van der Waals surface area (Å²) in [6.07, 6.45) is 0.0463. The molecule has 3 heteroatoms. The average molecular weight is 183 g/mol. The molecule has 1 rings (SSSR count). The van der Waals surface area contributed by atoms with Gasteiger partial charge in [-0.15, -0.1) is 0 Å². The zero-order valence-corrected chi connectivity index (χ0v) is 7.66. The molecule has 1 unspecified atom stereocenters. The van der Waals surface area contributed by atoms with Crippen LogP contribution in [0.25, 0.3) is 0 Å². The van der Waals surface area contributed by atoms with Gasteiger partial charge in [-0.05, 0) is 24.6 Å². The number of hydrogen-bond acceptors (Lipinski definition) is 2. The van der Waals surface area contributed by atoms with Crippen molar-refractivity contribution < 1.29 is 9.13 Å². The van der Waals surface area contributed by atoms with Crippen molar-refractivity contribution in [3.63, 3.8) is 0 Å². The minimum absolute atomic E-state index is 0.0463. The Morgan fingerprint density at radius 1 is 1.38 bits per heavy atom. The van der Waals surface area contributed by atoms with Crippen molar-refractivity contribution in [3.05, 3.63) is 35.6 Å². The largest absolute Gasteiger partial charge is 0.373 e. The van der Waals surface area contributed by atoms with Crippen molar-refractivity contribution in [1.29, 1.82) is 0 Å². The smallest absolute Gasteiger partial charge is 0.123 e. The van der Waals surface area contributed by atoms with Crippen LogP contribution >= 0.6 is 0 Å². The van der Waals surface area contributed by atoms with Gasteiger partial charge in [0.05, 0.1) is 12.7 Å². The third kappa shape index (κ3) is 3.53. The van der Waals surface area contributed by atoms with Crippen LogP contribution in [0.2, 0.25) is 0 Å². The molecule has 0 fully saturated rings. The molecule has 0 aliphatic heterocycles. The summed E-state index contributed by atoms with van der Waals surface area (Å²) in [5.74, 6) is -0.226. The normalized spacial score (nSPS) is 12.8. The highest BCUT2D eigenvalue weighted by molar-refractivity contribution is 5.14. The molecule has 0 saturated heterocycles. The third-order valence-corrected chi connectivity index (χ3v) is 1.78. The van der Waals surface area contributed by atoms with E-state index < -0.39 is 0 Å². The number of benzene rings is 1. The van der Waals surface area contributed by atoms with Crippen molar-refractivity contribution in [3.8, 4) is 0 Å². The lowest BCUT2D eigenvalue weighted by Gasteiger charge is -2.09. The van der Waals surface area contributed by atoms with Crippen molar-refractivity contribution in [2.75, 3.05) is 6.54 Å². The Morgan fingerprint density at radius 2 is 2.00 bits per heavy atom. The summed E-state index contributed by atoms with van der Waals surface area (Å²) in [5, 5.41) is 0. The van der Waals surface area contributed by atoms with Crippen LogP contribution in [-0.2, 0) is 11.3 Å². The van der Waals surface area contributed by atoms with Crippen molar-refractivity contribution >= 4 is 0 Å². The van der Waals surface area contributed by atoms with Gasteiger partial charge in [-0.1, -0.05) is 12.1 Å². The van der Waals surface area contributed by atoms with Gasteiger partial charge >= 0.3 is 0 Å². The van der Waals surface area contributed by atoms with E-state index in [4.69, 9.17) is 10.5 Å². The molecule has 0 amide bonds. The number of nitrogens with two attached hydrogens (primary N) is 1. The van der Waals surface area contributed by atoms with Gasteiger partial charge in [0.25, 0.3) is 0 Å². The second-order valence-electron chi connectivity index (χ2n) is 2.98. The van der Waals surface area contributed by atoms with Crippen molar-refractivity contribution in [2.24, 2.45) is 5.73 Å². The third-order valence-electron chi connectivity index (χ3n) is 1.78. The fraction of sp³-hybridized carbons (Fsp3) is 0.400. The minimum Gasteiger partial charge on any atom is -0.373 e. The molecule has 0 aromatic heterocycles. The van der Waals surface area contributed by atoms with Crippen molar-refractivity contribution in [2.45, 2.75) is 19.6 Å². The topological polar surface area (TPSA) is 35.2 Å². The van der Waals surface area contributed by atoms with E-state index in [1.807, 2.05) is 6.92 Å². The quantitative estimate of drug-likeness (QED) is 0.771. The van der Waals surface area contributed by atoms with E-state index in [2.05, 4.69) is 0 Å². The van der Waals surface area contributed by atoms with E-state index in [0.29, 0.717) is 13.2 Å². The molecule has 1 aromatic carbocycles. The molecular weight excluding hydrogens is 169 g/mol. The molecule has 1 atom stereocenters. The molecule has 13 heavy (non-hydrogen) atoms. The molecule has 0 saturated carbocycles. The molecule has 0 heterocycles. The van der Waals surface area contributed by atoms with Crippen LogP contribution in [-0.4, -0.2) is 12.6 Å². The van der Waals surface area contributed by atoms with Crippen LogP contribution in [0.4, 0.5) is 4.39 Å². The lowest BCUT2D eigenvalue weighted by atomic mass is 10.2. The maximum absolute atomic E-state index is 12.5. The molecule has 0 aliphatic rings. The van der Waals surface area contributed by atoms with E-state index >= 15 is 0 Å². The first-order valence-electron chi connectivity index (χ1n) is 4.28. The predicted molar refractivity (Wildman–Crippen MR) is 49.7 cm³/mol. The summed E-state index contributed by atoms with van der Waals surface area (Å²) in [6.45, 7) is 2.89. The summed E-state index contributed by atoms with van der Waals surface area (Å²) in [5.41, 5.74) is 6.34. The van der Waals surface area contributed by atoms with E-state index in [0.717, 1.165) is 5.56 Å². The standard InChI is InChI=1S/C10H14FNO/c1-8(6-12)13-7-9-2-4-10(11)5-3-9/h2-5,8H,6-7,12H2,1H3. The summed E-state index contributed by atoms with van der Waals surface area (Å²) in [6, 6.07) is 6.26. The Hall–Kier alpha value is -0.930. The monoisotopic (exact) mass is 183 g/mol. The van der Waals surface area contributed by atoms with E-state index in [1.54, 1.807) is 12.1 Å². The van der Waals surface area contributed by atoms with E-state index in [9.17, 15) is 4.39 Å². The zero-order valence-electron chi connectivity index (χ0n) is 7.66. The molecule has 2 nitrogen and oxygen atoms in total. The Balaban J connectivity index is 2.41. The highest BCUT2D eigenvalue weighted by atomic mass is 19.1. The average Bonchev–Trinajstić information content (AvgIpc) is 2.16. The molecule has 1 aromatic rings. The van der Waals surface area contributed by atoms with Crippen LogP contribution in [0.15, 0.2) is 24.3 Å². The fourth-order valence-corrected chi connectivity index (χ4v) is 0.887. The highest BCUT2D eigenvalue weighted by Gasteiger charge is 1.99. The number of halogens is 1. The van der Waals surface area contributed by atoms with Gasteiger partial charge in [0.2, 0.25) is 0 Å². The number of hydrogen-bond donors (Lipinski definition) is 1. The zero-order chi connectivity index (χ0) is 9.68. The lowest BCUT2D eigenvalue weighted by Crippen LogP contribution is -2.19. The Morgan fingerprint density at radius 3 is 2.54 bits per heavy atom. The first kappa shape index (κ1) is 10.2. The maximum atomic E-state index is 12.5. The van der Waals surface area contributed by atoms with Gasteiger partial charge in [0, 0.05) is 6.54 Å². The van der Waals surface area contributed by atoms with Gasteiger partial charge < -0.3 is 10.5 Å². The summed E-state index contributed by atoms with van der Waals surface area (Å²) in [7, 11) is 0. The lowest BCUT2D eigenvalue weighted by molar-refractivity contribution is 0.0589. The van der Waals surface area contributed by atoms with Crippen LogP contribution in [0.5, 0.6) is 0 Å². The summed E-state index contributed by atoms with van der Waals surface area (Å²) >= 11 is 0. The molecular formula is C10H14FNO. The molecule has 0 spiro atoms. The fourth-order valence-electron chi connectivity index (χ4n) is 0.887. The van der Waals surface area contributed by atoms with E-state index in [1.165, 1.54) is 12.1 Å². The first-order chi connectivity index (χ1) is 6.22. The van der Waals surface area contributed by atoms with Gasteiger partial charge in [-0.2, -0.15) is 0 Å². The summed E-state index contributed by atoms with van der Waals surface area (Å²) in [4.78, 5) is 0. The second-order valence-corrected chi connectivity index (χ2v) is 2.98. The number of rotatable bonds is 4. The molecule has 72 valence electrons. The highest BCUT2D eigenvalue weighted by Crippen LogP contribution is 2.05. The molecule has 2 N–H and O–H groups in total. The van der Waals surface area contributed by atoms with Crippen LogP contribution in [0.1, 0.15) is 12.5 Å². The maximum Gasteiger partial charge on any atom is 0.123 e. The molecule has 0 bridgehead atoms. The number of ether oxygens (including phenoxy) is 1. The SMILES string of the molecule is CC(CN)OCc1ccc(F)cc1. The Labute approximate surface area is 77.5 Å². The van der Waals surface area contributed by atoms with Crippen LogP contribution < -0.4 is 5.73 Å². The van der Waals surface area contributed by atoms with Gasteiger partial charge in [-0.3, -0.25) is 0 Å². The predicted octanol–water partition coefficient (Wildman–Crippen LogP) is 1.69. The summed E-state index contributed by atoms with van der Waals surface area (Å²) < 4.78 is 17.9. The Bertz CT molecular complexity index is 248. The van der Waals surface area contributed by atoms with Gasteiger partial charge in [0.15, 0.2) is 0 Å². The van der Waals surface area contributed by atoms with Gasteiger partial charge in [0.1, 0.15) is 5.82 Å². The first-order valence-corrected chi connectivity index (χ1v) is 4.28. The Kier molecular flexibility index (Phi) is 3.86. The second kappa shape index (κ2) is 4.94. The molecule has 0 aliphatic carbocycles. The van der Waals surface area contributed by atoms with Crippen molar-refractivity contribution in [1.82, 2.24) is 0 Å². The van der Waals surface area contributed by atoms with Crippen LogP contribution in [0.3, 0.4) is 0 Å². The minimum atomic E-state index is -0.226. The van der Waals surface area contributed by atoms with Gasteiger partial charge in [-0.25, -0.2) is 4.39 Å². The van der Waals surface area contributed by atoms with Crippen LogP contribution in [0, 0.1) is 5.82 Å².